The first kappa shape index (κ1) is 33.9. The summed E-state index contributed by atoms with van der Waals surface area (Å²) >= 11 is 0. The maximum atomic E-state index is 14.0. The zero-order valence-corrected chi connectivity index (χ0v) is 27.6. The number of carbonyl (C=O) groups excluding carboxylic acids is 3. The molecule has 0 spiro atoms. The fraction of sp³-hybridized carbons (Fsp3) is 0.324. The highest BCUT2D eigenvalue weighted by molar-refractivity contribution is 5.97. The molecule has 0 saturated carbocycles. The summed E-state index contributed by atoms with van der Waals surface area (Å²) in [6, 6.07) is 27.6. The highest BCUT2D eigenvalue weighted by Crippen LogP contribution is 2.20. The van der Waals surface area contributed by atoms with Crippen molar-refractivity contribution in [1.29, 1.82) is 0 Å². The predicted octanol–water partition coefficient (Wildman–Crippen LogP) is 5.18. The topological polar surface area (TPSA) is 126 Å². The van der Waals surface area contributed by atoms with Gasteiger partial charge in [0.1, 0.15) is 29.9 Å². The Morgan fingerprint density at radius 1 is 0.812 bits per heavy atom. The van der Waals surface area contributed by atoms with Gasteiger partial charge in [-0.05, 0) is 44.0 Å². The minimum atomic E-state index is -0.889. The zero-order valence-electron chi connectivity index (χ0n) is 27.6. The molecule has 250 valence electrons. The molecule has 0 unspecified atom stereocenters. The summed E-state index contributed by atoms with van der Waals surface area (Å²) in [6.07, 6.45) is -0.150. The Kier molecular flexibility index (Phi) is 11.6. The summed E-state index contributed by atoms with van der Waals surface area (Å²) in [5, 5.41) is 6.23. The summed E-state index contributed by atoms with van der Waals surface area (Å²) in [6.45, 7) is 7.78. The number of nitrogens with one attached hydrogen (secondary N) is 2. The van der Waals surface area contributed by atoms with E-state index in [1.165, 1.54) is 0 Å². The normalized spacial score (nSPS) is 13.5. The Balaban J connectivity index is 1.35. The molecule has 2 heterocycles. The first-order valence-corrected chi connectivity index (χ1v) is 16.3. The van der Waals surface area contributed by atoms with Crippen molar-refractivity contribution in [2.75, 3.05) is 38.1 Å². The molecule has 1 aliphatic heterocycles. The van der Waals surface area contributed by atoms with Crippen LogP contribution in [-0.2, 0) is 22.6 Å². The van der Waals surface area contributed by atoms with Crippen molar-refractivity contribution in [3.05, 3.63) is 108 Å². The Hall–Kier alpha value is -5.45. The van der Waals surface area contributed by atoms with Gasteiger partial charge < -0.3 is 29.9 Å². The molecule has 48 heavy (non-hydrogen) atoms. The first-order chi connectivity index (χ1) is 23.3. The molecule has 3 aromatic carbocycles. The van der Waals surface area contributed by atoms with E-state index in [-0.39, 0.29) is 30.7 Å². The summed E-state index contributed by atoms with van der Waals surface area (Å²) in [5.74, 6) is 0.870. The Bertz CT molecular complexity index is 1660. The smallest absolute Gasteiger partial charge is 0.409 e. The van der Waals surface area contributed by atoms with E-state index >= 15 is 0 Å². The average Bonchev–Trinajstić information content (AvgIpc) is 3.11. The van der Waals surface area contributed by atoms with Crippen molar-refractivity contribution in [3.63, 3.8) is 0 Å². The molecule has 1 aliphatic rings. The van der Waals surface area contributed by atoms with Gasteiger partial charge in [0.05, 0.1) is 6.61 Å². The van der Waals surface area contributed by atoms with Crippen molar-refractivity contribution in [1.82, 2.24) is 25.1 Å². The second-order valence-electron chi connectivity index (χ2n) is 11.8. The quantitative estimate of drug-likeness (QED) is 0.215. The van der Waals surface area contributed by atoms with Crippen molar-refractivity contribution >= 4 is 23.7 Å². The van der Waals surface area contributed by atoms with Crippen LogP contribution in [0.2, 0.25) is 0 Å². The third-order valence-electron chi connectivity index (χ3n) is 7.76. The molecular weight excluding hydrogens is 608 g/mol. The molecule has 0 aliphatic carbocycles. The molecule has 1 fully saturated rings. The van der Waals surface area contributed by atoms with Crippen LogP contribution in [0.1, 0.15) is 42.4 Å². The van der Waals surface area contributed by atoms with Crippen LogP contribution >= 0.6 is 0 Å². The van der Waals surface area contributed by atoms with Crippen LogP contribution < -0.4 is 15.4 Å². The number of piperazine rings is 1. The van der Waals surface area contributed by atoms with Crippen LogP contribution in [0.5, 0.6) is 5.75 Å². The number of aromatic nitrogens is 2. The van der Waals surface area contributed by atoms with Gasteiger partial charge in [-0.2, -0.15) is 0 Å². The SMILES string of the molecule is CCOC(=O)N1CCN(C(=O)[C@H](Cc2ccc(OCc3ccccc3)cc2)NC(=O)c2cc(NC(C)C)nc(-c3ccccc3)n2)CC1. The summed E-state index contributed by atoms with van der Waals surface area (Å²) < 4.78 is 11.1. The fourth-order valence-corrected chi connectivity index (χ4v) is 5.32. The lowest BCUT2D eigenvalue weighted by Gasteiger charge is -2.36. The lowest BCUT2D eigenvalue weighted by atomic mass is 10.0. The molecule has 4 aromatic rings. The molecular formula is C37H42N6O5. The highest BCUT2D eigenvalue weighted by atomic mass is 16.6. The first-order valence-electron chi connectivity index (χ1n) is 16.3. The van der Waals surface area contributed by atoms with Gasteiger partial charge in [-0.3, -0.25) is 9.59 Å². The number of nitrogens with zero attached hydrogens (tertiary/aromatic N) is 4. The maximum Gasteiger partial charge on any atom is 0.409 e. The van der Waals surface area contributed by atoms with Crippen LogP contribution in [-0.4, -0.2) is 82.5 Å². The van der Waals surface area contributed by atoms with Crippen LogP contribution in [0.25, 0.3) is 11.4 Å². The summed E-state index contributed by atoms with van der Waals surface area (Å²) in [4.78, 5) is 52.6. The maximum absolute atomic E-state index is 14.0. The molecule has 3 amide bonds. The zero-order chi connectivity index (χ0) is 33.9. The number of rotatable bonds is 12. The lowest BCUT2D eigenvalue weighted by Crippen LogP contribution is -2.56. The summed E-state index contributed by atoms with van der Waals surface area (Å²) in [5.41, 5.74) is 2.81. The van der Waals surface area contributed by atoms with Gasteiger partial charge >= 0.3 is 6.09 Å². The van der Waals surface area contributed by atoms with E-state index in [0.717, 1.165) is 16.7 Å². The molecule has 11 nitrogen and oxygen atoms in total. The number of anilines is 1. The van der Waals surface area contributed by atoms with Crippen LogP contribution in [0.4, 0.5) is 10.6 Å². The van der Waals surface area contributed by atoms with Gasteiger partial charge in [0.2, 0.25) is 5.91 Å². The van der Waals surface area contributed by atoms with Crippen molar-refractivity contribution < 1.29 is 23.9 Å². The lowest BCUT2D eigenvalue weighted by molar-refractivity contribution is -0.134. The Morgan fingerprint density at radius 2 is 1.46 bits per heavy atom. The van der Waals surface area contributed by atoms with E-state index in [1.54, 1.807) is 22.8 Å². The number of ether oxygens (including phenoxy) is 2. The van der Waals surface area contributed by atoms with E-state index in [0.29, 0.717) is 50.2 Å². The van der Waals surface area contributed by atoms with Crippen LogP contribution in [0.15, 0.2) is 91.0 Å². The van der Waals surface area contributed by atoms with E-state index in [1.807, 2.05) is 98.8 Å². The molecule has 1 saturated heterocycles. The van der Waals surface area contributed by atoms with Crippen LogP contribution in [0, 0.1) is 0 Å². The molecule has 2 N–H and O–H groups in total. The third kappa shape index (κ3) is 9.31. The second kappa shape index (κ2) is 16.4. The number of hydrogen-bond donors (Lipinski definition) is 2. The van der Waals surface area contributed by atoms with E-state index < -0.39 is 18.0 Å². The van der Waals surface area contributed by atoms with E-state index in [2.05, 4.69) is 20.6 Å². The van der Waals surface area contributed by atoms with Crippen LogP contribution in [0.3, 0.4) is 0 Å². The van der Waals surface area contributed by atoms with Gasteiger partial charge in [0.15, 0.2) is 5.82 Å². The minimum Gasteiger partial charge on any atom is -0.489 e. The number of amides is 3. The highest BCUT2D eigenvalue weighted by Gasteiger charge is 2.31. The molecule has 1 atom stereocenters. The number of hydrogen-bond acceptors (Lipinski definition) is 8. The molecule has 0 bridgehead atoms. The van der Waals surface area contributed by atoms with Gasteiger partial charge in [-0.1, -0.05) is 72.8 Å². The molecule has 5 rings (SSSR count). The standard InChI is InChI=1S/C37H42N6O5/c1-4-47-37(46)43-21-19-42(20-22-43)36(45)32(23-27-15-17-30(18-16-27)48-25-28-11-7-5-8-12-28)40-35(44)31-24-33(38-26(2)3)41-34(39-31)29-13-9-6-10-14-29/h5-18,24,26,32H,4,19-23,25H2,1-3H3,(H,40,44)(H,38,39,41)/t32-/m0/s1. The minimum absolute atomic E-state index is 0.0710. The van der Waals surface area contributed by atoms with Gasteiger partial charge in [-0.15, -0.1) is 0 Å². The van der Waals surface area contributed by atoms with Gasteiger partial charge in [-0.25, -0.2) is 14.8 Å². The fourth-order valence-electron chi connectivity index (χ4n) is 5.32. The molecule has 1 aromatic heterocycles. The molecule has 0 radical (unpaired) electrons. The third-order valence-corrected chi connectivity index (χ3v) is 7.76. The summed E-state index contributed by atoms with van der Waals surface area (Å²) in [7, 11) is 0. The van der Waals surface area contributed by atoms with Crippen molar-refractivity contribution in [3.8, 4) is 17.1 Å². The molecule has 11 heteroatoms. The van der Waals surface area contributed by atoms with Crippen molar-refractivity contribution in [2.45, 2.75) is 45.9 Å². The van der Waals surface area contributed by atoms with Gasteiger partial charge in [0, 0.05) is 50.3 Å². The number of benzene rings is 3. The van der Waals surface area contributed by atoms with Crippen molar-refractivity contribution in [2.24, 2.45) is 0 Å². The van der Waals surface area contributed by atoms with E-state index in [4.69, 9.17) is 9.47 Å². The Morgan fingerprint density at radius 3 is 2.10 bits per heavy atom. The second-order valence-corrected chi connectivity index (χ2v) is 11.8. The monoisotopic (exact) mass is 650 g/mol. The predicted molar refractivity (Wildman–Crippen MR) is 184 cm³/mol. The average molecular weight is 651 g/mol. The van der Waals surface area contributed by atoms with Gasteiger partial charge in [0.25, 0.3) is 5.91 Å². The Labute approximate surface area is 281 Å². The largest absolute Gasteiger partial charge is 0.489 e. The number of carbonyl (C=O) groups is 3. The van der Waals surface area contributed by atoms with E-state index in [9.17, 15) is 14.4 Å².